The second-order valence-electron chi connectivity index (χ2n) is 10.7. The maximum absolute atomic E-state index is 9.55. The normalized spacial score (nSPS) is 12.3. The Morgan fingerprint density at radius 2 is 1.67 bits per heavy atom. The van der Waals surface area contributed by atoms with Crippen LogP contribution < -0.4 is 9.75 Å². The largest absolute Gasteiger partial charge is 0.220 e. The van der Waals surface area contributed by atoms with E-state index in [2.05, 4.69) is 102 Å². The molecule has 3 rings (SSSR count). The topological polar surface area (TPSA) is 27.7 Å². The molecule has 2 aromatic carbocycles. The van der Waals surface area contributed by atoms with E-state index in [0.29, 0.717) is 5.41 Å². The molecule has 0 radical (unpaired) electrons. The van der Waals surface area contributed by atoms with E-state index < -0.39 is 8.07 Å². The number of aryl methyl sites for hydroxylation is 2. The molecule has 0 aliphatic rings. The molecule has 3 aromatic rings. The second-order valence-corrected chi connectivity index (χ2v) is 15.4. The van der Waals surface area contributed by atoms with Gasteiger partial charge in [-0.25, -0.2) is 4.57 Å². The Hall–Kier alpha value is -2.44. The molecule has 0 fully saturated rings. The Kier molecular flexibility index (Phi) is 5.69. The number of aromatic nitrogens is 1. The number of benzene rings is 2. The molecule has 0 N–H and O–H groups in total. The first-order chi connectivity index (χ1) is 13.9. The third-order valence-corrected chi connectivity index (χ3v) is 10.2. The number of rotatable bonds is 3. The molecular formula is C27H35N2Si+. The van der Waals surface area contributed by atoms with Crippen LogP contribution in [0.25, 0.3) is 22.0 Å². The van der Waals surface area contributed by atoms with E-state index in [1.807, 2.05) is 6.92 Å². The molecule has 3 heteroatoms. The van der Waals surface area contributed by atoms with Crippen molar-refractivity contribution in [3.63, 3.8) is 0 Å². The first-order valence-electron chi connectivity index (χ1n) is 10.8. The monoisotopic (exact) mass is 415 g/mol. The lowest BCUT2D eigenvalue weighted by molar-refractivity contribution is -0.659. The number of hydrogen-bond acceptors (Lipinski definition) is 1. The first-order valence-corrected chi connectivity index (χ1v) is 14.0. The summed E-state index contributed by atoms with van der Waals surface area (Å²) in [4.78, 5) is 0. The number of pyridine rings is 1. The van der Waals surface area contributed by atoms with Crippen molar-refractivity contribution in [2.45, 2.75) is 60.7 Å². The summed E-state index contributed by atoms with van der Waals surface area (Å²) in [5.41, 5.74) is 6.90. The summed E-state index contributed by atoms with van der Waals surface area (Å²) >= 11 is 0. The molecule has 156 valence electrons. The smallest absolute Gasteiger partial charge is 0.200 e. The van der Waals surface area contributed by atoms with Gasteiger partial charge in [0.05, 0.1) is 30.7 Å². The average molecular weight is 416 g/mol. The molecule has 0 atom stereocenters. The van der Waals surface area contributed by atoms with Crippen molar-refractivity contribution in [2.24, 2.45) is 12.5 Å². The Morgan fingerprint density at radius 1 is 1.00 bits per heavy atom. The van der Waals surface area contributed by atoms with Gasteiger partial charge in [-0.1, -0.05) is 51.2 Å². The van der Waals surface area contributed by atoms with Crippen LogP contribution in [0, 0.1) is 37.5 Å². The molecule has 0 spiro atoms. The van der Waals surface area contributed by atoms with Crippen LogP contribution >= 0.6 is 0 Å². The fourth-order valence-electron chi connectivity index (χ4n) is 5.06. The summed E-state index contributed by atoms with van der Waals surface area (Å²) in [5.74, 6) is 0. The highest BCUT2D eigenvalue weighted by atomic mass is 28.3. The minimum absolute atomic E-state index is 0.341. The minimum Gasteiger partial charge on any atom is -0.200 e. The highest BCUT2D eigenvalue weighted by Crippen LogP contribution is 2.33. The molecule has 2 nitrogen and oxygen atoms in total. The molecule has 0 bridgehead atoms. The van der Waals surface area contributed by atoms with Gasteiger partial charge in [-0.15, -0.1) is 0 Å². The van der Waals surface area contributed by atoms with Gasteiger partial charge in [0.15, 0.2) is 6.20 Å². The number of nitriles is 1. The van der Waals surface area contributed by atoms with Crippen LogP contribution in [-0.4, -0.2) is 8.07 Å². The van der Waals surface area contributed by atoms with Crippen molar-refractivity contribution in [2.75, 3.05) is 0 Å². The van der Waals surface area contributed by atoms with E-state index in [9.17, 15) is 5.26 Å². The van der Waals surface area contributed by atoms with Crippen LogP contribution in [-0.2, 0) is 7.05 Å². The molecule has 1 aromatic heterocycles. The van der Waals surface area contributed by atoms with Crippen molar-refractivity contribution >= 4 is 24.0 Å². The number of fused-ring (bicyclic) bond motifs is 1. The predicted octanol–water partition coefficient (Wildman–Crippen LogP) is 6.09. The fourth-order valence-corrected chi connectivity index (χ4v) is 8.99. The van der Waals surface area contributed by atoms with Crippen LogP contribution in [0.5, 0.6) is 0 Å². The SMILES string of the molecule is Cc1cc(-c2c3ccc([Si](C)(C)CC(C)(C)C)cc3cc[n+]2C)c(C)c(C)c1C#N. The maximum Gasteiger partial charge on any atom is 0.220 e. The van der Waals surface area contributed by atoms with E-state index in [-0.39, 0.29) is 0 Å². The number of hydrogen-bond donors (Lipinski definition) is 0. The van der Waals surface area contributed by atoms with Gasteiger partial charge in [0.25, 0.3) is 0 Å². The van der Waals surface area contributed by atoms with Crippen LogP contribution in [0.4, 0.5) is 0 Å². The molecule has 1 heterocycles. The van der Waals surface area contributed by atoms with Gasteiger partial charge in [-0.05, 0) is 66.4 Å². The second kappa shape index (κ2) is 7.67. The maximum atomic E-state index is 9.55. The van der Waals surface area contributed by atoms with Crippen molar-refractivity contribution in [1.29, 1.82) is 5.26 Å². The summed E-state index contributed by atoms with van der Waals surface area (Å²) in [6.45, 7) is 18.3. The summed E-state index contributed by atoms with van der Waals surface area (Å²) in [6.07, 6.45) is 2.17. The van der Waals surface area contributed by atoms with Crippen molar-refractivity contribution in [1.82, 2.24) is 0 Å². The highest BCUT2D eigenvalue weighted by Gasteiger charge is 2.30. The van der Waals surface area contributed by atoms with Gasteiger partial charge in [0, 0.05) is 6.07 Å². The average Bonchev–Trinajstić information content (AvgIpc) is 2.63. The quantitative estimate of drug-likeness (QED) is 0.376. The first kappa shape index (κ1) is 22.2. The third-order valence-electron chi connectivity index (χ3n) is 6.35. The lowest BCUT2D eigenvalue weighted by Gasteiger charge is -2.31. The molecule has 0 aliphatic heterocycles. The van der Waals surface area contributed by atoms with Gasteiger partial charge in [0.2, 0.25) is 5.69 Å². The van der Waals surface area contributed by atoms with E-state index in [4.69, 9.17) is 0 Å². The number of nitrogens with zero attached hydrogens (tertiary/aromatic N) is 2. The van der Waals surface area contributed by atoms with Gasteiger partial charge >= 0.3 is 0 Å². The standard InChI is InChI=1S/C27H35N2Si/c1-18-14-24(19(2)20(3)25(18)16-28)26-23-11-10-22(15-21(23)12-13-29(26)7)30(8,9)17-27(4,5)6/h10-15H,17H2,1-9H3/q+1. The predicted molar refractivity (Wildman–Crippen MR) is 131 cm³/mol. The molecule has 0 amide bonds. The van der Waals surface area contributed by atoms with Gasteiger partial charge in [-0.2, -0.15) is 5.26 Å². The Labute approximate surface area is 183 Å². The molecule has 0 unspecified atom stereocenters. The molecule has 0 aliphatic carbocycles. The Balaban J connectivity index is 2.24. The van der Waals surface area contributed by atoms with E-state index in [1.54, 1.807) is 0 Å². The Bertz CT molecular complexity index is 1170. The lowest BCUT2D eigenvalue weighted by atomic mass is 9.91. The van der Waals surface area contributed by atoms with Crippen molar-refractivity contribution in [3.8, 4) is 17.3 Å². The van der Waals surface area contributed by atoms with E-state index in [0.717, 1.165) is 16.7 Å². The van der Waals surface area contributed by atoms with Crippen molar-refractivity contribution < 1.29 is 4.57 Å². The molecular weight excluding hydrogens is 380 g/mol. The molecule has 0 saturated heterocycles. The highest BCUT2D eigenvalue weighted by molar-refractivity contribution is 6.90. The summed E-state index contributed by atoms with van der Waals surface area (Å²) < 4.78 is 2.22. The van der Waals surface area contributed by atoms with Crippen LogP contribution in [0.2, 0.25) is 19.1 Å². The zero-order valence-electron chi connectivity index (χ0n) is 20.1. The van der Waals surface area contributed by atoms with Gasteiger partial charge in [-0.3, -0.25) is 0 Å². The summed E-state index contributed by atoms with van der Waals surface area (Å²) in [7, 11) is 0.588. The molecule has 0 saturated carbocycles. The summed E-state index contributed by atoms with van der Waals surface area (Å²) in [5, 5.41) is 13.6. The van der Waals surface area contributed by atoms with Crippen LogP contribution in [0.3, 0.4) is 0 Å². The zero-order chi connectivity index (χ0) is 22.4. The fraction of sp³-hybridized carbons (Fsp3) is 0.407. The zero-order valence-corrected chi connectivity index (χ0v) is 21.1. The third kappa shape index (κ3) is 4.07. The lowest BCUT2D eigenvalue weighted by Crippen LogP contribution is -2.44. The summed E-state index contributed by atoms with van der Waals surface area (Å²) in [6, 6.07) is 15.2. The van der Waals surface area contributed by atoms with E-state index in [1.165, 1.54) is 38.8 Å². The van der Waals surface area contributed by atoms with Gasteiger partial charge < -0.3 is 0 Å². The van der Waals surface area contributed by atoms with Crippen LogP contribution in [0.1, 0.15) is 43.0 Å². The minimum atomic E-state index is -1.53. The van der Waals surface area contributed by atoms with Gasteiger partial charge in [0.1, 0.15) is 7.05 Å². The van der Waals surface area contributed by atoms with E-state index >= 15 is 0 Å². The van der Waals surface area contributed by atoms with Crippen LogP contribution in [0.15, 0.2) is 36.5 Å². The van der Waals surface area contributed by atoms with Crippen molar-refractivity contribution in [3.05, 3.63) is 58.8 Å². The Morgan fingerprint density at radius 3 is 2.27 bits per heavy atom. The molecule has 30 heavy (non-hydrogen) atoms.